The second kappa shape index (κ2) is 9.75. The van der Waals surface area contributed by atoms with E-state index in [2.05, 4.69) is 17.1 Å². The lowest BCUT2D eigenvalue weighted by Gasteiger charge is -2.33. The topological polar surface area (TPSA) is 24.5 Å². The number of nitrogens with one attached hydrogen (secondary N) is 1. The van der Waals surface area contributed by atoms with Crippen molar-refractivity contribution in [1.29, 1.82) is 0 Å². The van der Waals surface area contributed by atoms with Crippen molar-refractivity contribution in [3.8, 4) is 0 Å². The Morgan fingerprint density at radius 3 is 2.60 bits per heavy atom. The third kappa shape index (κ3) is 6.11. The molecule has 118 valence electrons. The number of ether oxygens (including phenoxy) is 1. The van der Waals surface area contributed by atoms with E-state index in [1.165, 1.54) is 64.5 Å². The van der Waals surface area contributed by atoms with Crippen molar-refractivity contribution in [3.05, 3.63) is 0 Å². The van der Waals surface area contributed by atoms with Crippen molar-refractivity contribution < 1.29 is 4.74 Å². The zero-order valence-corrected chi connectivity index (χ0v) is 13.4. The molecular formula is C17H34N2O. The van der Waals surface area contributed by atoms with E-state index >= 15 is 0 Å². The molecule has 1 heterocycles. The summed E-state index contributed by atoms with van der Waals surface area (Å²) in [5.74, 6) is 0. The van der Waals surface area contributed by atoms with Crippen LogP contribution in [-0.4, -0.2) is 49.8 Å². The summed E-state index contributed by atoms with van der Waals surface area (Å²) in [6.07, 6.45) is 12.7. The highest BCUT2D eigenvalue weighted by atomic mass is 16.5. The van der Waals surface area contributed by atoms with Crippen LogP contribution in [0.1, 0.15) is 64.7 Å². The first-order valence-electron chi connectivity index (χ1n) is 8.96. The summed E-state index contributed by atoms with van der Waals surface area (Å²) in [6, 6.07) is 0.787. The lowest BCUT2D eigenvalue weighted by molar-refractivity contribution is 0.000203. The van der Waals surface area contributed by atoms with Gasteiger partial charge in [0.05, 0.1) is 6.10 Å². The Balaban J connectivity index is 1.58. The van der Waals surface area contributed by atoms with E-state index in [1.807, 2.05) is 0 Å². The Hall–Kier alpha value is -0.120. The van der Waals surface area contributed by atoms with Crippen LogP contribution in [0, 0.1) is 0 Å². The van der Waals surface area contributed by atoms with Gasteiger partial charge in [-0.15, -0.1) is 0 Å². The maximum atomic E-state index is 5.91. The molecule has 20 heavy (non-hydrogen) atoms. The highest BCUT2D eigenvalue weighted by molar-refractivity contribution is 4.76. The minimum Gasteiger partial charge on any atom is -0.377 e. The molecule has 3 heteroatoms. The van der Waals surface area contributed by atoms with Gasteiger partial charge < -0.3 is 10.1 Å². The minimum atomic E-state index is 0.488. The lowest BCUT2D eigenvalue weighted by atomic mass is 10.1. The fourth-order valence-corrected chi connectivity index (χ4v) is 3.55. The van der Waals surface area contributed by atoms with Crippen LogP contribution in [-0.2, 0) is 4.74 Å². The number of hydrogen-bond acceptors (Lipinski definition) is 3. The summed E-state index contributed by atoms with van der Waals surface area (Å²) in [5, 5.41) is 3.78. The SMILES string of the molecule is CCCOC1CCCN(CCNC2CCCCCC2)C1. The Bertz CT molecular complexity index is 239. The van der Waals surface area contributed by atoms with Crippen LogP contribution in [0.15, 0.2) is 0 Å². The van der Waals surface area contributed by atoms with Gasteiger partial charge in [0.1, 0.15) is 0 Å². The Labute approximate surface area is 125 Å². The van der Waals surface area contributed by atoms with Gasteiger partial charge in [0, 0.05) is 32.3 Å². The van der Waals surface area contributed by atoms with Crippen LogP contribution < -0.4 is 5.32 Å². The fourth-order valence-electron chi connectivity index (χ4n) is 3.55. The van der Waals surface area contributed by atoms with Gasteiger partial charge in [-0.05, 0) is 38.6 Å². The molecule has 0 aromatic carbocycles. The van der Waals surface area contributed by atoms with Crippen molar-refractivity contribution >= 4 is 0 Å². The third-order valence-corrected chi connectivity index (χ3v) is 4.74. The average Bonchev–Trinajstić information content (AvgIpc) is 2.74. The fraction of sp³-hybridized carbons (Fsp3) is 1.00. The molecule has 0 amide bonds. The summed E-state index contributed by atoms with van der Waals surface area (Å²) in [6.45, 7) is 7.88. The van der Waals surface area contributed by atoms with E-state index in [0.29, 0.717) is 6.10 Å². The monoisotopic (exact) mass is 282 g/mol. The smallest absolute Gasteiger partial charge is 0.0702 e. The number of hydrogen-bond donors (Lipinski definition) is 1. The zero-order valence-electron chi connectivity index (χ0n) is 13.4. The molecule has 1 N–H and O–H groups in total. The standard InChI is InChI=1S/C17H34N2O/c1-2-14-20-17-10-7-12-19(15-17)13-11-18-16-8-5-3-4-6-9-16/h16-18H,2-15H2,1H3. The van der Waals surface area contributed by atoms with Crippen molar-refractivity contribution in [2.24, 2.45) is 0 Å². The number of likely N-dealkylation sites (tertiary alicyclic amines) is 1. The van der Waals surface area contributed by atoms with Crippen LogP contribution >= 0.6 is 0 Å². The summed E-state index contributed by atoms with van der Waals surface area (Å²) >= 11 is 0. The molecule has 0 bridgehead atoms. The first-order valence-corrected chi connectivity index (χ1v) is 8.96. The van der Waals surface area contributed by atoms with E-state index in [9.17, 15) is 0 Å². The highest BCUT2D eigenvalue weighted by Crippen LogP contribution is 2.17. The maximum absolute atomic E-state index is 5.91. The van der Waals surface area contributed by atoms with E-state index in [4.69, 9.17) is 4.74 Å². The molecule has 0 aromatic rings. The third-order valence-electron chi connectivity index (χ3n) is 4.74. The van der Waals surface area contributed by atoms with Crippen molar-refractivity contribution in [2.75, 3.05) is 32.8 Å². The Morgan fingerprint density at radius 1 is 1.05 bits per heavy atom. The van der Waals surface area contributed by atoms with Crippen molar-refractivity contribution in [1.82, 2.24) is 10.2 Å². The van der Waals surface area contributed by atoms with Crippen LogP contribution in [0.2, 0.25) is 0 Å². The molecule has 1 aliphatic heterocycles. The molecule has 0 radical (unpaired) electrons. The summed E-state index contributed by atoms with van der Waals surface area (Å²) < 4.78 is 5.91. The van der Waals surface area contributed by atoms with Gasteiger partial charge in [-0.25, -0.2) is 0 Å². The summed E-state index contributed by atoms with van der Waals surface area (Å²) in [4.78, 5) is 2.59. The molecule has 2 fully saturated rings. The van der Waals surface area contributed by atoms with Gasteiger partial charge in [-0.2, -0.15) is 0 Å². The molecular weight excluding hydrogens is 248 g/mol. The molecule has 3 nitrogen and oxygen atoms in total. The first-order chi connectivity index (χ1) is 9.88. The molecule has 1 unspecified atom stereocenters. The van der Waals surface area contributed by atoms with Gasteiger partial charge >= 0.3 is 0 Å². The van der Waals surface area contributed by atoms with E-state index in [-0.39, 0.29) is 0 Å². The summed E-state index contributed by atoms with van der Waals surface area (Å²) in [7, 11) is 0. The van der Waals surface area contributed by atoms with E-state index in [0.717, 1.165) is 32.2 Å². The van der Waals surface area contributed by atoms with Crippen LogP contribution in [0.25, 0.3) is 0 Å². The van der Waals surface area contributed by atoms with Crippen LogP contribution in [0.5, 0.6) is 0 Å². The van der Waals surface area contributed by atoms with Gasteiger partial charge in [-0.1, -0.05) is 32.6 Å². The molecule has 2 rings (SSSR count). The molecule has 0 aromatic heterocycles. The van der Waals surface area contributed by atoms with Crippen molar-refractivity contribution in [2.45, 2.75) is 76.9 Å². The van der Waals surface area contributed by atoms with Gasteiger partial charge in [0.15, 0.2) is 0 Å². The largest absolute Gasteiger partial charge is 0.377 e. The second-order valence-corrected chi connectivity index (χ2v) is 6.58. The molecule has 0 spiro atoms. The van der Waals surface area contributed by atoms with E-state index < -0.39 is 0 Å². The van der Waals surface area contributed by atoms with Crippen molar-refractivity contribution in [3.63, 3.8) is 0 Å². The maximum Gasteiger partial charge on any atom is 0.0702 e. The molecule has 1 saturated heterocycles. The molecule has 1 atom stereocenters. The average molecular weight is 282 g/mol. The Kier molecular flexibility index (Phi) is 7.92. The summed E-state index contributed by atoms with van der Waals surface area (Å²) in [5.41, 5.74) is 0. The molecule has 1 saturated carbocycles. The highest BCUT2D eigenvalue weighted by Gasteiger charge is 2.20. The minimum absolute atomic E-state index is 0.488. The zero-order chi connectivity index (χ0) is 14.0. The quantitative estimate of drug-likeness (QED) is 0.726. The second-order valence-electron chi connectivity index (χ2n) is 6.58. The predicted octanol–water partition coefficient (Wildman–Crippen LogP) is 3.19. The normalized spacial score (nSPS) is 26.6. The van der Waals surface area contributed by atoms with Crippen LogP contribution in [0.4, 0.5) is 0 Å². The number of rotatable bonds is 7. The lowest BCUT2D eigenvalue weighted by Crippen LogP contribution is -2.44. The van der Waals surface area contributed by atoms with Crippen LogP contribution in [0.3, 0.4) is 0 Å². The Morgan fingerprint density at radius 2 is 1.85 bits per heavy atom. The first kappa shape index (κ1) is 16.3. The molecule has 1 aliphatic carbocycles. The number of piperidine rings is 1. The predicted molar refractivity (Wildman–Crippen MR) is 85.2 cm³/mol. The number of nitrogens with zero attached hydrogens (tertiary/aromatic N) is 1. The molecule has 2 aliphatic rings. The van der Waals surface area contributed by atoms with Gasteiger partial charge in [-0.3, -0.25) is 4.90 Å². The van der Waals surface area contributed by atoms with E-state index in [1.54, 1.807) is 0 Å². The van der Waals surface area contributed by atoms with Gasteiger partial charge in [0.2, 0.25) is 0 Å². The van der Waals surface area contributed by atoms with Gasteiger partial charge in [0.25, 0.3) is 0 Å².